The zero-order chi connectivity index (χ0) is 19.9. The van der Waals surface area contributed by atoms with Crippen molar-refractivity contribution in [3.8, 4) is 11.5 Å². The molecule has 0 radical (unpaired) electrons. The van der Waals surface area contributed by atoms with E-state index < -0.39 is 0 Å². The van der Waals surface area contributed by atoms with Crippen LogP contribution in [0.5, 0.6) is 11.5 Å². The molecule has 0 amide bonds. The minimum absolute atomic E-state index is 0.0989. The van der Waals surface area contributed by atoms with Gasteiger partial charge in [-0.15, -0.1) is 0 Å². The zero-order valence-corrected chi connectivity index (χ0v) is 16.9. The Hall–Kier alpha value is -2.43. The molecule has 0 saturated heterocycles. The van der Waals surface area contributed by atoms with Crippen molar-refractivity contribution >= 4 is 28.9 Å². The minimum Gasteiger partial charge on any atom is -0.490 e. The van der Waals surface area contributed by atoms with E-state index in [0.29, 0.717) is 40.3 Å². The Kier molecular flexibility index (Phi) is 7.01. The van der Waals surface area contributed by atoms with Gasteiger partial charge in [0, 0.05) is 22.7 Å². The summed E-state index contributed by atoms with van der Waals surface area (Å²) in [4.78, 5) is 0. The maximum absolute atomic E-state index is 13.9. The summed E-state index contributed by atoms with van der Waals surface area (Å²) >= 11 is 12.3. The molecular weight excluding hydrogens is 400 g/mol. The van der Waals surface area contributed by atoms with Crippen LogP contribution in [0.1, 0.15) is 18.1 Å². The molecule has 3 aromatic carbocycles. The molecule has 0 aliphatic heterocycles. The van der Waals surface area contributed by atoms with Crippen LogP contribution in [0.3, 0.4) is 0 Å². The summed E-state index contributed by atoms with van der Waals surface area (Å²) in [7, 11) is 0. The number of rotatable bonds is 8. The SMILES string of the molecule is CCOc1cccc(CNc2cc(Cl)ccc2Cl)c1OCc1ccccc1F. The van der Waals surface area contributed by atoms with Gasteiger partial charge in [0.2, 0.25) is 0 Å². The highest BCUT2D eigenvalue weighted by Crippen LogP contribution is 2.34. The Bertz CT molecular complexity index is 950. The summed E-state index contributed by atoms with van der Waals surface area (Å²) in [6.07, 6.45) is 0. The number of hydrogen-bond donors (Lipinski definition) is 1. The molecule has 0 unspecified atom stereocenters. The molecule has 3 rings (SSSR count). The van der Waals surface area contributed by atoms with Crippen molar-refractivity contribution in [1.29, 1.82) is 0 Å². The van der Waals surface area contributed by atoms with Crippen molar-refractivity contribution < 1.29 is 13.9 Å². The van der Waals surface area contributed by atoms with Crippen molar-refractivity contribution in [2.45, 2.75) is 20.1 Å². The van der Waals surface area contributed by atoms with Gasteiger partial charge in [-0.25, -0.2) is 4.39 Å². The molecule has 0 heterocycles. The topological polar surface area (TPSA) is 30.5 Å². The number of halogens is 3. The number of anilines is 1. The smallest absolute Gasteiger partial charge is 0.166 e. The van der Waals surface area contributed by atoms with Gasteiger partial charge in [-0.1, -0.05) is 53.5 Å². The third kappa shape index (κ3) is 5.09. The molecule has 0 bridgehead atoms. The second-order valence-electron chi connectivity index (χ2n) is 6.04. The predicted molar refractivity (Wildman–Crippen MR) is 112 cm³/mol. The Morgan fingerprint density at radius 1 is 0.929 bits per heavy atom. The summed E-state index contributed by atoms with van der Waals surface area (Å²) < 4.78 is 25.6. The van der Waals surface area contributed by atoms with Crippen LogP contribution in [0, 0.1) is 5.82 Å². The van der Waals surface area contributed by atoms with Gasteiger partial charge in [-0.2, -0.15) is 0 Å². The molecule has 0 saturated carbocycles. The number of nitrogens with one attached hydrogen (secondary N) is 1. The Morgan fingerprint density at radius 3 is 2.50 bits per heavy atom. The van der Waals surface area contributed by atoms with Crippen molar-refractivity contribution in [2.75, 3.05) is 11.9 Å². The summed E-state index contributed by atoms with van der Waals surface area (Å²) in [6, 6.07) is 17.4. The second kappa shape index (κ2) is 9.67. The van der Waals surface area contributed by atoms with Gasteiger partial charge in [0.05, 0.1) is 17.3 Å². The first-order valence-electron chi connectivity index (χ1n) is 8.88. The fraction of sp³-hybridized carbons (Fsp3) is 0.182. The van der Waals surface area contributed by atoms with E-state index in [1.54, 1.807) is 36.4 Å². The molecule has 28 heavy (non-hydrogen) atoms. The minimum atomic E-state index is -0.304. The summed E-state index contributed by atoms with van der Waals surface area (Å²) in [5, 5.41) is 4.42. The zero-order valence-electron chi connectivity index (χ0n) is 15.3. The molecule has 3 nitrogen and oxygen atoms in total. The Labute approximate surface area is 174 Å². The van der Waals surface area contributed by atoms with Crippen molar-refractivity contribution in [2.24, 2.45) is 0 Å². The summed E-state index contributed by atoms with van der Waals surface area (Å²) in [6.45, 7) is 2.93. The Morgan fingerprint density at radius 2 is 1.71 bits per heavy atom. The molecular formula is C22H20Cl2FNO2. The van der Waals surface area contributed by atoms with Crippen LogP contribution in [0.15, 0.2) is 60.7 Å². The molecule has 6 heteroatoms. The van der Waals surface area contributed by atoms with Crippen molar-refractivity contribution in [3.63, 3.8) is 0 Å². The summed E-state index contributed by atoms with van der Waals surface area (Å²) in [5.41, 5.74) is 2.06. The first-order chi connectivity index (χ1) is 13.6. The molecule has 0 atom stereocenters. The second-order valence-corrected chi connectivity index (χ2v) is 6.88. The lowest BCUT2D eigenvalue weighted by molar-refractivity contribution is 0.263. The number of para-hydroxylation sites is 1. The molecule has 0 spiro atoms. The van der Waals surface area contributed by atoms with Crippen LogP contribution in [0.4, 0.5) is 10.1 Å². The van der Waals surface area contributed by atoms with Gasteiger partial charge in [0.15, 0.2) is 11.5 Å². The molecule has 0 aliphatic rings. The van der Waals surface area contributed by atoms with E-state index in [2.05, 4.69) is 5.32 Å². The van der Waals surface area contributed by atoms with Crippen LogP contribution >= 0.6 is 23.2 Å². The first kappa shape index (κ1) is 20.3. The third-order valence-electron chi connectivity index (χ3n) is 4.09. The highest BCUT2D eigenvalue weighted by Gasteiger charge is 2.13. The van der Waals surface area contributed by atoms with E-state index in [9.17, 15) is 4.39 Å². The highest BCUT2D eigenvalue weighted by molar-refractivity contribution is 6.35. The van der Waals surface area contributed by atoms with Gasteiger partial charge in [0.1, 0.15) is 12.4 Å². The first-order valence-corrected chi connectivity index (χ1v) is 9.64. The molecule has 0 aliphatic carbocycles. The van der Waals surface area contributed by atoms with Gasteiger partial charge in [0.25, 0.3) is 0 Å². The predicted octanol–water partition coefficient (Wildman–Crippen LogP) is 6.72. The largest absolute Gasteiger partial charge is 0.490 e. The highest BCUT2D eigenvalue weighted by atomic mass is 35.5. The number of ether oxygens (including phenoxy) is 2. The molecule has 1 N–H and O–H groups in total. The monoisotopic (exact) mass is 419 g/mol. The van der Waals surface area contributed by atoms with E-state index in [4.69, 9.17) is 32.7 Å². The quantitative estimate of drug-likeness (QED) is 0.439. The maximum Gasteiger partial charge on any atom is 0.166 e. The van der Waals surface area contributed by atoms with Crippen LogP contribution in [0.2, 0.25) is 10.0 Å². The molecule has 0 fully saturated rings. The fourth-order valence-corrected chi connectivity index (χ4v) is 3.08. The third-order valence-corrected chi connectivity index (χ3v) is 4.65. The van der Waals surface area contributed by atoms with E-state index in [0.717, 1.165) is 11.3 Å². The fourth-order valence-electron chi connectivity index (χ4n) is 2.72. The van der Waals surface area contributed by atoms with Gasteiger partial charge in [-0.05, 0) is 37.3 Å². The molecule has 146 valence electrons. The van der Waals surface area contributed by atoms with E-state index in [1.807, 2.05) is 25.1 Å². The van der Waals surface area contributed by atoms with Gasteiger partial charge >= 0.3 is 0 Å². The van der Waals surface area contributed by atoms with E-state index >= 15 is 0 Å². The van der Waals surface area contributed by atoms with E-state index in [1.165, 1.54) is 6.07 Å². The summed E-state index contributed by atoms with van der Waals surface area (Å²) in [5.74, 6) is 0.871. The van der Waals surface area contributed by atoms with Crippen LogP contribution in [-0.4, -0.2) is 6.61 Å². The average Bonchev–Trinajstić information content (AvgIpc) is 2.69. The van der Waals surface area contributed by atoms with Crippen molar-refractivity contribution in [3.05, 3.63) is 87.7 Å². The lowest BCUT2D eigenvalue weighted by Gasteiger charge is -2.17. The number of hydrogen-bond acceptors (Lipinski definition) is 3. The van der Waals surface area contributed by atoms with Crippen LogP contribution in [0.25, 0.3) is 0 Å². The average molecular weight is 420 g/mol. The lowest BCUT2D eigenvalue weighted by Crippen LogP contribution is -2.07. The van der Waals surface area contributed by atoms with E-state index in [-0.39, 0.29) is 12.4 Å². The van der Waals surface area contributed by atoms with Gasteiger partial charge < -0.3 is 14.8 Å². The molecule has 0 aromatic heterocycles. The van der Waals surface area contributed by atoms with Crippen LogP contribution < -0.4 is 14.8 Å². The van der Waals surface area contributed by atoms with Gasteiger partial charge in [-0.3, -0.25) is 0 Å². The van der Waals surface area contributed by atoms with Crippen LogP contribution in [-0.2, 0) is 13.2 Å². The number of benzene rings is 3. The standard InChI is InChI=1S/C22H20Cl2FNO2/c1-2-27-21-9-5-7-15(13-26-20-12-17(23)10-11-18(20)24)22(21)28-14-16-6-3-4-8-19(16)25/h3-12,26H,2,13-14H2,1H3. The normalized spacial score (nSPS) is 10.6. The Balaban J connectivity index is 1.82. The maximum atomic E-state index is 13.9. The lowest BCUT2D eigenvalue weighted by atomic mass is 10.1. The van der Waals surface area contributed by atoms with Crippen molar-refractivity contribution in [1.82, 2.24) is 0 Å². The molecule has 3 aromatic rings.